The van der Waals surface area contributed by atoms with E-state index < -0.39 is 5.60 Å². The molecule has 2 unspecified atom stereocenters. The normalized spacial score (nSPS) is 23.1. The van der Waals surface area contributed by atoms with Crippen LogP contribution in [0.4, 0.5) is 10.6 Å². The van der Waals surface area contributed by atoms with Gasteiger partial charge in [-0.3, -0.25) is 4.90 Å². The zero-order valence-electron chi connectivity index (χ0n) is 14.1. The van der Waals surface area contributed by atoms with Gasteiger partial charge in [0.2, 0.25) is 0 Å². The molecule has 0 aliphatic carbocycles. The molecule has 0 saturated carbocycles. The van der Waals surface area contributed by atoms with E-state index >= 15 is 0 Å². The average molecular weight is 393 g/mol. The number of anilines is 1. The van der Waals surface area contributed by atoms with Gasteiger partial charge in [0.15, 0.2) is 0 Å². The van der Waals surface area contributed by atoms with Gasteiger partial charge in [-0.1, -0.05) is 0 Å². The Hall–Kier alpha value is -1.81. The summed E-state index contributed by atoms with van der Waals surface area (Å²) in [6.07, 6.45) is 3.38. The molecule has 2 aliphatic heterocycles. The Labute approximate surface area is 150 Å². The molecule has 2 atom stereocenters. The highest BCUT2D eigenvalue weighted by atomic mass is 79.9. The Morgan fingerprint density at radius 2 is 2.00 bits per heavy atom. The van der Waals surface area contributed by atoms with Crippen molar-refractivity contribution in [3.8, 4) is 6.07 Å². The zero-order chi connectivity index (χ0) is 17.5. The Morgan fingerprint density at radius 3 is 2.54 bits per heavy atom. The lowest BCUT2D eigenvalue weighted by molar-refractivity contribution is 0.0123. The summed E-state index contributed by atoms with van der Waals surface area (Å²) in [7, 11) is 0. The number of carbonyl (C=O) groups excluding carboxylic acids is 1. The molecule has 7 heteroatoms. The smallest absolute Gasteiger partial charge is 0.410 e. The standard InChI is InChI=1S/C17H21BrN4O2/c1-17(2,3)24-16(23)22-13-4-5-14(22)10-21(9-13)15-11(7-19)6-12(18)8-20-15/h6,8,13-14H,4-5,9-10H2,1-3H3. The summed E-state index contributed by atoms with van der Waals surface area (Å²) in [6.45, 7) is 7.01. The molecular weight excluding hydrogens is 372 g/mol. The second-order valence-corrected chi connectivity index (χ2v) is 8.23. The Kier molecular flexibility index (Phi) is 4.43. The number of piperazine rings is 1. The molecule has 1 amide bonds. The van der Waals surface area contributed by atoms with Crippen molar-refractivity contribution in [1.82, 2.24) is 9.88 Å². The summed E-state index contributed by atoms with van der Waals surface area (Å²) in [4.78, 5) is 20.9. The number of ether oxygens (including phenoxy) is 1. The van der Waals surface area contributed by atoms with Crippen LogP contribution in [0.5, 0.6) is 0 Å². The van der Waals surface area contributed by atoms with Gasteiger partial charge in [0.1, 0.15) is 17.5 Å². The topological polar surface area (TPSA) is 69.5 Å². The Morgan fingerprint density at radius 1 is 1.38 bits per heavy atom. The summed E-state index contributed by atoms with van der Waals surface area (Å²) in [5.74, 6) is 0.696. The van der Waals surface area contributed by atoms with E-state index in [2.05, 4.69) is 31.9 Å². The Bertz CT molecular complexity index is 681. The third kappa shape index (κ3) is 3.34. The molecule has 0 radical (unpaired) electrons. The predicted molar refractivity (Wildman–Crippen MR) is 93.7 cm³/mol. The lowest BCUT2D eigenvalue weighted by atomic mass is 10.1. The first kappa shape index (κ1) is 17.0. The maximum absolute atomic E-state index is 12.5. The van der Waals surface area contributed by atoms with Gasteiger partial charge >= 0.3 is 6.09 Å². The number of pyridine rings is 1. The first-order valence-electron chi connectivity index (χ1n) is 8.10. The van der Waals surface area contributed by atoms with Crippen molar-refractivity contribution in [2.24, 2.45) is 0 Å². The first-order chi connectivity index (χ1) is 11.3. The Balaban J connectivity index is 1.79. The van der Waals surface area contributed by atoms with E-state index in [0.717, 1.165) is 17.3 Å². The van der Waals surface area contributed by atoms with Crippen LogP contribution in [0.15, 0.2) is 16.7 Å². The van der Waals surface area contributed by atoms with Crippen LogP contribution in [0.2, 0.25) is 0 Å². The molecule has 2 aliphatic rings. The number of fused-ring (bicyclic) bond motifs is 2. The van der Waals surface area contributed by atoms with Gasteiger partial charge in [-0.15, -0.1) is 0 Å². The number of rotatable bonds is 1. The second-order valence-electron chi connectivity index (χ2n) is 7.31. The lowest BCUT2D eigenvalue weighted by Gasteiger charge is -2.42. The fourth-order valence-electron chi connectivity index (χ4n) is 3.45. The second kappa shape index (κ2) is 6.25. The minimum atomic E-state index is -0.491. The highest BCUT2D eigenvalue weighted by molar-refractivity contribution is 9.10. The molecule has 1 aromatic rings. The number of nitrogens with zero attached hydrogens (tertiary/aromatic N) is 4. The van der Waals surface area contributed by atoms with Crippen LogP contribution < -0.4 is 4.90 Å². The van der Waals surface area contributed by atoms with Crippen molar-refractivity contribution >= 4 is 27.8 Å². The number of aromatic nitrogens is 1. The number of hydrogen-bond donors (Lipinski definition) is 0. The summed E-state index contributed by atoms with van der Waals surface area (Å²) < 4.78 is 6.34. The molecule has 3 rings (SSSR count). The SMILES string of the molecule is CC(C)(C)OC(=O)N1C2CCC1CN(c1ncc(Br)cc1C#N)C2. The van der Waals surface area contributed by atoms with Crippen LogP contribution in [-0.4, -0.2) is 46.8 Å². The van der Waals surface area contributed by atoms with E-state index in [1.165, 1.54) is 0 Å². The van der Waals surface area contributed by atoms with Crippen LogP contribution in [0.3, 0.4) is 0 Å². The predicted octanol–water partition coefficient (Wildman–Crippen LogP) is 3.30. The molecule has 2 fully saturated rings. The van der Waals surface area contributed by atoms with Crippen LogP contribution in [0.25, 0.3) is 0 Å². The first-order valence-corrected chi connectivity index (χ1v) is 8.89. The number of halogens is 1. The number of carbonyl (C=O) groups is 1. The van der Waals surface area contributed by atoms with Gasteiger partial charge in [0, 0.05) is 23.8 Å². The van der Waals surface area contributed by atoms with Crippen molar-refractivity contribution in [3.05, 3.63) is 22.3 Å². The van der Waals surface area contributed by atoms with Crippen molar-refractivity contribution in [1.29, 1.82) is 5.26 Å². The number of hydrogen-bond acceptors (Lipinski definition) is 5. The largest absolute Gasteiger partial charge is 0.444 e. The van der Waals surface area contributed by atoms with E-state index in [9.17, 15) is 10.1 Å². The average Bonchev–Trinajstić information content (AvgIpc) is 2.76. The van der Waals surface area contributed by atoms with Crippen LogP contribution in [0, 0.1) is 11.3 Å². The molecule has 0 spiro atoms. The quantitative estimate of drug-likeness (QED) is 0.732. The molecular formula is C17H21BrN4O2. The van der Waals surface area contributed by atoms with Gasteiger partial charge in [-0.05, 0) is 55.6 Å². The van der Waals surface area contributed by atoms with Gasteiger partial charge in [-0.25, -0.2) is 9.78 Å². The molecule has 0 N–H and O–H groups in total. The van der Waals surface area contributed by atoms with Gasteiger partial charge in [0.25, 0.3) is 0 Å². The summed E-state index contributed by atoms with van der Waals surface area (Å²) in [5.41, 5.74) is 0.0593. The van der Waals surface area contributed by atoms with Crippen LogP contribution in [-0.2, 0) is 4.74 Å². The van der Waals surface area contributed by atoms with Crippen LogP contribution in [0.1, 0.15) is 39.2 Å². The molecule has 24 heavy (non-hydrogen) atoms. The van der Waals surface area contributed by atoms with Crippen molar-refractivity contribution < 1.29 is 9.53 Å². The van der Waals surface area contributed by atoms with Crippen molar-refractivity contribution in [2.45, 2.75) is 51.3 Å². The van der Waals surface area contributed by atoms with E-state index in [-0.39, 0.29) is 18.2 Å². The highest BCUT2D eigenvalue weighted by Gasteiger charge is 2.44. The molecule has 128 valence electrons. The van der Waals surface area contributed by atoms with Crippen molar-refractivity contribution in [3.63, 3.8) is 0 Å². The fraction of sp³-hybridized carbons (Fsp3) is 0.588. The molecule has 3 heterocycles. The molecule has 2 bridgehead atoms. The van der Waals surface area contributed by atoms with E-state index in [0.29, 0.717) is 24.5 Å². The molecule has 0 aromatic carbocycles. The third-order valence-corrected chi connectivity index (χ3v) is 4.77. The van der Waals surface area contributed by atoms with E-state index in [4.69, 9.17) is 4.74 Å². The van der Waals surface area contributed by atoms with E-state index in [1.807, 2.05) is 25.7 Å². The van der Waals surface area contributed by atoms with Gasteiger partial charge in [0.05, 0.1) is 17.6 Å². The van der Waals surface area contributed by atoms with Crippen LogP contribution >= 0.6 is 15.9 Å². The lowest BCUT2D eigenvalue weighted by Crippen LogP contribution is -2.57. The van der Waals surface area contributed by atoms with Crippen molar-refractivity contribution in [2.75, 3.05) is 18.0 Å². The number of nitriles is 1. The van der Waals surface area contributed by atoms with E-state index in [1.54, 1.807) is 12.3 Å². The number of amides is 1. The summed E-state index contributed by atoms with van der Waals surface area (Å²) in [6, 6.07) is 4.21. The highest BCUT2D eigenvalue weighted by Crippen LogP contribution is 2.34. The minimum Gasteiger partial charge on any atom is -0.444 e. The monoisotopic (exact) mass is 392 g/mol. The third-order valence-electron chi connectivity index (χ3n) is 4.34. The molecule has 1 aromatic heterocycles. The molecule has 2 saturated heterocycles. The summed E-state index contributed by atoms with van der Waals surface area (Å²) >= 11 is 3.35. The zero-order valence-corrected chi connectivity index (χ0v) is 15.7. The molecule has 6 nitrogen and oxygen atoms in total. The maximum atomic E-state index is 12.5. The van der Waals surface area contributed by atoms with Gasteiger partial charge in [-0.2, -0.15) is 5.26 Å². The minimum absolute atomic E-state index is 0.107. The maximum Gasteiger partial charge on any atom is 0.410 e. The van der Waals surface area contributed by atoms with Gasteiger partial charge < -0.3 is 9.64 Å². The fourth-order valence-corrected chi connectivity index (χ4v) is 3.79. The summed E-state index contributed by atoms with van der Waals surface area (Å²) in [5, 5.41) is 9.37.